The molecule has 3 aliphatic rings. The number of benzene rings is 2. The Labute approximate surface area is 250 Å². The van der Waals surface area contributed by atoms with Crippen LogP contribution in [0.15, 0.2) is 53.0 Å². The Morgan fingerprint density at radius 2 is 1.66 bits per heavy atom. The van der Waals surface area contributed by atoms with Gasteiger partial charge < -0.3 is 29.4 Å². The predicted molar refractivity (Wildman–Crippen MR) is 160 cm³/mol. The van der Waals surface area contributed by atoms with Crippen LogP contribution in [0.1, 0.15) is 45.1 Å². The van der Waals surface area contributed by atoms with Crippen LogP contribution >= 0.6 is 15.9 Å². The molecule has 220 valence electrons. The number of piperazine rings is 1. The van der Waals surface area contributed by atoms with Crippen LogP contribution in [0.5, 0.6) is 5.75 Å². The van der Waals surface area contributed by atoms with Gasteiger partial charge in [-0.05, 0) is 69.4 Å². The SMILES string of the molecule is CC(C)(Oc1cccc(N2CCC[C@@H](C(=O)N(Cc3ccc(Br)cc3)C3CC3)C2)c1)C(=O)N1CCN(C(=O)O)CC1. The Hall–Kier alpha value is -3.27. The van der Waals surface area contributed by atoms with E-state index in [9.17, 15) is 19.5 Å². The fourth-order valence-electron chi connectivity index (χ4n) is 5.77. The minimum atomic E-state index is -1.11. The van der Waals surface area contributed by atoms with Gasteiger partial charge in [0.2, 0.25) is 5.91 Å². The lowest BCUT2D eigenvalue weighted by Gasteiger charge is -2.38. The standard InChI is InChI=1S/C31H39BrN4O5/c1-31(2,29(38)33-15-17-34(18-16-33)30(39)40)41-27-7-3-6-26(19-27)35-14-4-5-23(21-35)28(37)36(25-12-13-25)20-22-8-10-24(32)11-9-22/h3,6-11,19,23,25H,4-5,12-18,20-21H2,1-2H3,(H,39,40)/t23-/m1/s1. The van der Waals surface area contributed by atoms with Gasteiger partial charge in [-0.25, -0.2) is 4.79 Å². The van der Waals surface area contributed by atoms with Gasteiger partial charge in [0.05, 0.1) is 5.92 Å². The first-order chi connectivity index (χ1) is 19.6. The molecule has 0 radical (unpaired) electrons. The van der Waals surface area contributed by atoms with E-state index in [0.717, 1.165) is 48.0 Å². The monoisotopic (exact) mass is 626 g/mol. The molecule has 0 aromatic heterocycles. The molecular formula is C31H39BrN4O5. The Morgan fingerprint density at radius 3 is 2.32 bits per heavy atom. The van der Waals surface area contributed by atoms with Gasteiger partial charge in [0, 0.05) is 68.1 Å². The summed E-state index contributed by atoms with van der Waals surface area (Å²) < 4.78 is 7.26. The number of nitrogens with zero attached hydrogens (tertiary/aromatic N) is 4. The first kappa shape index (κ1) is 29.2. The van der Waals surface area contributed by atoms with Crippen molar-refractivity contribution in [2.24, 2.45) is 5.92 Å². The Kier molecular flexibility index (Phi) is 8.77. The van der Waals surface area contributed by atoms with Crippen molar-refractivity contribution in [2.75, 3.05) is 44.2 Å². The van der Waals surface area contributed by atoms with E-state index in [1.165, 1.54) is 4.90 Å². The fourth-order valence-corrected chi connectivity index (χ4v) is 6.04. The molecule has 9 nitrogen and oxygen atoms in total. The highest BCUT2D eigenvalue weighted by Crippen LogP contribution is 2.33. The Balaban J connectivity index is 1.22. The van der Waals surface area contributed by atoms with Crippen LogP contribution in [0.3, 0.4) is 0 Å². The maximum atomic E-state index is 13.8. The number of anilines is 1. The maximum absolute atomic E-state index is 13.8. The van der Waals surface area contributed by atoms with Crippen LogP contribution < -0.4 is 9.64 Å². The van der Waals surface area contributed by atoms with Crippen molar-refractivity contribution < 1.29 is 24.2 Å². The number of hydrogen-bond acceptors (Lipinski definition) is 5. The molecule has 1 saturated carbocycles. The average molecular weight is 628 g/mol. The second kappa shape index (κ2) is 12.3. The number of carbonyl (C=O) groups is 3. The molecule has 2 saturated heterocycles. The lowest BCUT2D eigenvalue weighted by molar-refractivity contribution is -0.147. The zero-order valence-electron chi connectivity index (χ0n) is 23.8. The van der Waals surface area contributed by atoms with Crippen molar-refractivity contribution in [3.05, 3.63) is 58.6 Å². The smallest absolute Gasteiger partial charge is 0.407 e. The van der Waals surface area contributed by atoms with Gasteiger partial charge in [0.15, 0.2) is 5.60 Å². The molecule has 5 rings (SSSR count). The van der Waals surface area contributed by atoms with Gasteiger partial charge in [-0.2, -0.15) is 0 Å². The van der Waals surface area contributed by atoms with Crippen LogP contribution in [0.25, 0.3) is 0 Å². The van der Waals surface area contributed by atoms with Crippen LogP contribution in [-0.2, 0) is 16.1 Å². The summed E-state index contributed by atoms with van der Waals surface area (Å²) in [5.41, 5.74) is 1.01. The molecule has 1 atom stereocenters. The van der Waals surface area contributed by atoms with Gasteiger partial charge in [-0.3, -0.25) is 9.59 Å². The number of amides is 3. The molecule has 2 heterocycles. The lowest BCUT2D eigenvalue weighted by Crippen LogP contribution is -2.56. The van der Waals surface area contributed by atoms with E-state index in [2.05, 4.69) is 37.9 Å². The quantitative estimate of drug-likeness (QED) is 0.451. The summed E-state index contributed by atoms with van der Waals surface area (Å²) in [5, 5.41) is 9.19. The normalized spacial score (nSPS) is 19.6. The van der Waals surface area contributed by atoms with E-state index in [0.29, 0.717) is 51.1 Å². The molecule has 41 heavy (non-hydrogen) atoms. The summed E-state index contributed by atoms with van der Waals surface area (Å²) in [5.74, 6) is 0.602. The molecule has 2 aromatic carbocycles. The van der Waals surface area contributed by atoms with Crippen molar-refractivity contribution >= 4 is 39.5 Å². The molecule has 3 amide bonds. The third-order valence-corrected chi connectivity index (χ3v) is 8.74. The van der Waals surface area contributed by atoms with Crippen LogP contribution in [0.2, 0.25) is 0 Å². The van der Waals surface area contributed by atoms with Crippen LogP contribution in [-0.4, -0.2) is 88.6 Å². The van der Waals surface area contributed by atoms with Crippen molar-refractivity contribution in [3.63, 3.8) is 0 Å². The highest BCUT2D eigenvalue weighted by molar-refractivity contribution is 9.10. The number of ether oxygens (including phenoxy) is 1. The van der Waals surface area contributed by atoms with Gasteiger partial charge in [-0.1, -0.05) is 34.1 Å². The van der Waals surface area contributed by atoms with E-state index in [4.69, 9.17) is 4.74 Å². The fraction of sp³-hybridized carbons (Fsp3) is 0.516. The maximum Gasteiger partial charge on any atom is 0.407 e. The number of rotatable bonds is 8. The first-order valence-corrected chi connectivity index (χ1v) is 15.3. The number of carboxylic acid groups (broad SMARTS) is 1. The molecule has 2 aromatic rings. The first-order valence-electron chi connectivity index (χ1n) is 14.5. The summed E-state index contributed by atoms with van der Waals surface area (Å²) >= 11 is 3.49. The van der Waals surface area contributed by atoms with Gasteiger partial charge in [0.25, 0.3) is 5.91 Å². The topological polar surface area (TPSA) is 93.6 Å². The summed E-state index contributed by atoms with van der Waals surface area (Å²) in [4.78, 5) is 45.6. The van der Waals surface area contributed by atoms with E-state index >= 15 is 0 Å². The number of halogens is 1. The highest BCUT2D eigenvalue weighted by Gasteiger charge is 2.38. The summed E-state index contributed by atoms with van der Waals surface area (Å²) in [6.07, 6.45) is 3.00. The largest absolute Gasteiger partial charge is 0.478 e. The van der Waals surface area contributed by atoms with Crippen molar-refractivity contribution in [2.45, 2.75) is 57.7 Å². The van der Waals surface area contributed by atoms with Gasteiger partial charge >= 0.3 is 6.09 Å². The van der Waals surface area contributed by atoms with Crippen molar-refractivity contribution in [1.82, 2.24) is 14.7 Å². The lowest BCUT2D eigenvalue weighted by atomic mass is 9.95. The molecule has 0 spiro atoms. The summed E-state index contributed by atoms with van der Waals surface area (Å²) in [7, 11) is 0. The van der Waals surface area contributed by atoms with Crippen LogP contribution in [0.4, 0.5) is 10.5 Å². The van der Waals surface area contributed by atoms with Crippen LogP contribution in [0, 0.1) is 5.92 Å². The van der Waals surface area contributed by atoms with Gasteiger partial charge in [-0.15, -0.1) is 0 Å². The van der Waals surface area contributed by atoms with E-state index in [-0.39, 0.29) is 17.7 Å². The number of hydrogen-bond donors (Lipinski definition) is 1. The third-order valence-electron chi connectivity index (χ3n) is 8.22. The number of carbonyl (C=O) groups excluding carboxylic acids is 2. The summed E-state index contributed by atoms with van der Waals surface area (Å²) in [6.45, 7) is 6.94. The van der Waals surface area contributed by atoms with Crippen molar-refractivity contribution in [3.8, 4) is 5.75 Å². The molecular weight excluding hydrogens is 588 g/mol. The zero-order chi connectivity index (χ0) is 29.1. The summed E-state index contributed by atoms with van der Waals surface area (Å²) in [6, 6.07) is 16.3. The third kappa shape index (κ3) is 7.15. The molecule has 0 bridgehead atoms. The molecule has 2 aliphatic heterocycles. The molecule has 3 fully saturated rings. The Morgan fingerprint density at radius 1 is 0.976 bits per heavy atom. The zero-order valence-corrected chi connectivity index (χ0v) is 25.4. The van der Waals surface area contributed by atoms with Gasteiger partial charge in [0.1, 0.15) is 5.75 Å². The second-order valence-corrected chi connectivity index (χ2v) is 12.7. The van der Waals surface area contributed by atoms with E-state index in [1.54, 1.807) is 18.7 Å². The number of piperidine rings is 1. The Bertz CT molecular complexity index is 1260. The average Bonchev–Trinajstić information content (AvgIpc) is 3.82. The predicted octanol–water partition coefficient (Wildman–Crippen LogP) is 4.84. The minimum Gasteiger partial charge on any atom is -0.478 e. The minimum absolute atomic E-state index is 0.0631. The second-order valence-electron chi connectivity index (χ2n) is 11.8. The highest BCUT2D eigenvalue weighted by atomic mass is 79.9. The molecule has 1 N–H and O–H groups in total. The van der Waals surface area contributed by atoms with E-state index < -0.39 is 11.7 Å². The molecule has 1 aliphatic carbocycles. The molecule has 0 unspecified atom stereocenters. The molecule has 10 heteroatoms. The van der Waals surface area contributed by atoms with E-state index in [1.807, 2.05) is 36.4 Å². The van der Waals surface area contributed by atoms with Crippen molar-refractivity contribution in [1.29, 1.82) is 0 Å².